The fourth-order valence-corrected chi connectivity index (χ4v) is 5.06. The van der Waals surface area contributed by atoms with Crippen molar-refractivity contribution < 1.29 is 13.2 Å². The van der Waals surface area contributed by atoms with Crippen LogP contribution in [0.4, 0.5) is 5.69 Å². The van der Waals surface area contributed by atoms with Gasteiger partial charge in [-0.05, 0) is 48.9 Å². The Morgan fingerprint density at radius 2 is 1.57 bits per heavy atom. The van der Waals surface area contributed by atoms with E-state index in [2.05, 4.69) is 10.5 Å². The fraction of sp³-hybridized carbons (Fsp3) is 0.200. The van der Waals surface area contributed by atoms with Gasteiger partial charge in [-0.25, -0.2) is 13.8 Å². The topological polar surface area (TPSA) is 82.1 Å². The van der Waals surface area contributed by atoms with E-state index in [-0.39, 0.29) is 11.4 Å². The summed E-state index contributed by atoms with van der Waals surface area (Å²) in [5.41, 5.74) is 5.52. The van der Waals surface area contributed by atoms with Crippen LogP contribution in [0.1, 0.15) is 16.7 Å². The lowest BCUT2D eigenvalue weighted by atomic mass is 10.2. The molecule has 0 fully saturated rings. The number of benzene rings is 3. The molecule has 0 bridgehead atoms. The van der Waals surface area contributed by atoms with Crippen molar-refractivity contribution in [2.24, 2.45) is 5.10 Å². The second-order valence-corrected chi connectivity index (χ2v) is 10.8. The number of carbonyl (C=O) groups excluding carboxylic acids is 1. The molecular weight excluding hydrogens is 507 g/mol. The number of amides is 1. The smallest absolute Gasteiger partial charge is 0.255 e. The van der Waals surface area contributed by atoms with Gasteiger partial charge in [0.1, 0.15) is 0 Å². The highest BCUT2D eigenvalue weighted by Gasteiger charge is 2.28. The summed E-state index contributed by atoms with van der Waals surface area (Å²) in [5.74, 6) is -0.606. The van der Waals surface area contributed by atoms with Crippen LogP contribution in [0.3, 0.4) is 0 Å². The molecule has 0 aliphatic rings. The van der Waals surface area contributed by atoms with Crippen molar-refractivity contribution in [3.8, 4) is 0 Å². The number of hydrogen-bond acceptors (Lipinski definition) is 5. The van der Waals surface area contributed by atoms with Gasteiger partial charge in [-0.1, -0.05) is 59.1 Å². The van der Waals surface area contributed by atoms with Crippen molar-refractivity contribution in [1.82, 2.24) is 9.73 Å². The number of aryl methyl sites for hydroxylation is 1. The number of nitrogens with one attached hydrogen (secondary N) is 1. The van der Waals surface area contributed by atoms with Crippen LogP contribution in [0.25, 0.3) is 0 Å². The summed E-state index contributed by atoms with van der Waals surface area (Å²) in [6.45, 7) is 1.20. The molecule has 0 atom stereocenters. The maximum atomic E-state index is 13.4. The minimum Gasteiger partial charge on any atom is -0.378 e. The van der Waals surface area contributed by atoms with E-state index in [1.165, 1.54) is 18.3 Å². The minimum absolute atomic E-state index is 0.0589. The van der Waals surface area contributed by atoms with Crippen LogP contribution >= 0.6 is 23.2 Å². The third-order valence-electron chi connectivity index (χ3n) is 5.19. The third kappa shape index (κ3) is 7.05. The van der Waals surface area contributed by atoms with Gasteiger partial charge in [0, 0.05) is 41.9 Å². The molecule has 0 aliphatic carbocycles. The third-order valence-corrected chi connectivity index (χ3v) is 7.70. The number of rotatable bonds is 9. The number of nitrogens with zero attached hydrogens (tertiary/aromatic N) is 3. The van der Waals surface area contributed by atoms with Crippen LogP contribution in [-0.4, -0.2) is 45.5 Å². The molecule has 0 heterocycles. The molecule has 0 unspecified atom stereocenters. The summed E-state index contributed by atoms with van der Waals surface area (Å²) in [7, 11) is -0.156. The first kappa shape index (κ1) is 26.7. The van der Waals surface area contributed by atoms with Crippen LogP contribution in [0, 0.1) is 6.92 Å². The molecule has 0 saturated heterocycles. The van der Waals surface area contributed by atoms with E-state index in [0.717, 1.165) is 21.1 Å². The molecule has 0 saturated carbocycles. The first-order valence-corrected chi connectivity index (χ1v) is 12.9. The Balaban J connectivity index is 1.80. The zero-order valence-corrected chi connectivity index (χ0v) is 21.9. The van der Waals surface area contributed by atoms with Gasteiger partial charge >= 0.3 is 0 Å². The van der Waals surface area contributed by atoms with Gasteiger partial charge in [-0.3, -0.25) is 4.79 Å². The second kappa shape index (κ2) is 11.7. The normalized spacial score (nSPS) is 11.7. The average Bonchev–Trinajstić information content (AvgIpc) is 2.81. The summed E-state index contributed by atoms with van der Waals surface area (Å²) in [6, 6.07) is 18.9. The Hall–Kier alpha value is -2.91. The molecule has 10 heteroatoms. The lowest BCUT2D eigenvalue weighted by Crippen LogP contribution is -2.39. The van der Waals surface area contributed by atoms with Gasteiger partial charge in [0.25, 0.3) is 5.91 Å². The first-order chi connectivity index (χ1) is 16.6. The highest BCUT2D eigenvalue weighted by atomic mass is 35.5. The predicted molar refractivity (Wildman–Crippen MR) is 142 cm³/mol. The van der Waals surface area contributed by atoms with E-state index in [1.54, 1.807) is 30.3 Å². The van der Waals surface area contributed by atoms with Crippen molar-refractivity contribution in [2.75, 3.05) is 25.5 Å². The summed E-state index contributed by atoms with van der Waals surface area (Å²) >= 11 is 12.6. The molecule has 184 valence electrons. The van der Waals surface area contributed by atoms with Gasteiger partial charge in [0.2, 0.25) is 10.0 Å². The van der Waals surface area contributed by atoms with Gasteiger partial charge in [-0.15, -0.1) is 0 Å². The summed E-state index contributed by atoms with van der Waals surface area (Å²) in [6.07, 6.45) is 1.49. The number of halogens is 2. The molecule has 3 rings (SSSR count). The van der Waals surface area contributed by atoms with Crippen LogP contribution in [0.15, 0.2) is 76.7 Å². The standard InChI is InChI=1S/C25H26Cl2N4O3S/c1-18-7-13-21(14-8-18)35(33,34)31(16-22-23(26)5-4-6-24(22)27)17-25(32)29-28-15-19-9-11-20(12-10-19)30(2)3/h4-15H,16-17H2,1-3H3,(H,29,32)/b28-15-. The summed E-state index contributed by atoms with van der Waals surface area (Å²) < 4.78 is 27.8. The molecule has 3 aromatic carbocycles. The Morgan fingerprint density at radius 1 is 0.971 bits per heavy atom. The van der Waals surface area contributed by atoms with Gasteiger partial charge < -0.3 is 4.90 Å². The van der Waals surface area contributed by atoms with E-state index in [9.17, 15) is 13.2 Å². The second-order valence-electron chi connectivity index (χ2n) is 8.07. The molecule has 0 radical (unpaired) electrons. The first-order valence-electron chi connectivity index (χ1n) is 10.7. The molecule has 0 aliphatic heterocycles. The van der Waals surface area contributed by atoms with E-state index in [4.69, 9.17) is 23.2 Å². The SMILES string of the molecule is Cc1ccc(S(=O)(=O)N(CC(=O)N/N=C\c2ccc(N(C)C)cc2)Cc2c(Cl)cccc2Cl)cc1. The Kier molecular flexibility index (Phi) is 8.91. The molecule has 1 amide bonds. The lowest BCUT2D eigenvalue weighted by molar-refractivity contribution is -0.121. The highest BCUT2D eigenvalue weighted by molar-refractivity contribution is 7.89. The van der Waals surface area contributed by atoms with Crippen molar-refractivity contribution >= 4 is 51.0 Å². The number of hydrogen-bond donors (Lipinski definition) is 1. The minimum atomic E-state index is -4.04. The molecular formula is C25H26Cl2N4O3S. The average molecular weight is 533 g/mol. The van der Waals surface area contributed by atoms with Crippen LogP contribution in [0.2, 0.25) is 10.0 Å². The van der Waals surface area contributed by atoms with Gasteiger partial charge in [-0.2, -0.15) is 9.41 Å². The van der Waals surface area contributed by atoms with E-state index in [0.29, 0.717) is 15.6 Å². The molecule has 7 nitrogen and oxygen atoms in total. The summed E-state index contributed by atoms with van der Waals surface area (Å²) in [4.78, 5) is 14.7. The van der Waals surface area contributed by atoms with Gasteiger partial charge in [0.05, 0.1) is 17.7 Å². The van der Waals surface area contributed by atoms with Crippen molar-refractivity contribution in [3.05, 3.63) is 93.5 Å². The van der Waals surface area contributed by atoms with E-state index < -0.39 is 22.5 Å². The van der Waals surface area contributed by atoms with Crippen molar-refractivity contribution in [3.63, 3.8) is 0 Å². The zero-order valence-electron chi connectivity index (χ0n) is 19.6. The predicted octanol–water partition coefficient (Wildman–Crippen LogP) is 4.71. The van der Waals surface area contributed by atoms with Crippen LogP contribution in [-0.2, 0) is 21.4 Å². The van der Waals surface area contributed by atoms with Crippen LogP contribution in [0.5, 0.6) is 0 Å². The molecule has 1 N–H and O–H groups in total. The maximum absolute atomic E-state index is 13.4. The number of anilines is 1. The Labute approximate surface area is 216 Å². The molecule has 0 aromatic heterocycles. The Bertz CT molecular complexity index is 1290. The fourth-order valence-electron chi connectivity index (χ4n) is 3.18. The quantitative estimate of drug-likeness (QED) is 0.319. The zero-order chi connectivity index (χ0) is 25.6. The lowest BCUT2D eigenvalue weighted by Gasteiger charge is -2.22. The van der Waals surface area contributed by atoms with E-state index in [1.807, 2.05) is 50.2 Å². The highest BCUT2D eigenvalue weighted by Crippen LogP contribution is 2.28. The van der Waals surface area contributed by atoms with Gasteiger partial charge in [0.15, 0.2) is 0 Å². The number of sulfonamides is 1. The van der Waals surface area contributed by atoms with Crippen molar-refractivity contribution in [1.29, 1.82) is 0 Å². The molecule has 35 heavy (non-hydrogen) atoms. The van der Waals surface area contributed by atoms with Crippen molar-refractivity contribution in [2.45, 2.75) is 18.4 Å². The monoisotopic (exact) mass is 532 g/mol. The molecule has 3 aromatic rings. The molecule has 0 spiro atoms. The summed E-state index contributed by atoms with van der Waals surface area (Å²) in [5, 5.41) is 4.58. The van der Waals surface area contributed by atoms with E-state index >= 15 is 0 Å². The van der Waals surface area contributed by atoms with Crippen LogP contribution < -0.4 is 10.3 Å². The number of hydrazone groups is 1. The number of carbonyl (C=O) groups is 1. The maximum Gasteiger partial charge on any atom is 0.255 e. The largest absolute Gasteiger partial charge is 0.378 e. The Morgan fingerprint density at radius 3 is 2.14 bits per heavy atom.